The Labute approximate surface area is 174 Å². The van der Waals surface area contributed by atoms with Gasteiger partial charge in [0, 0.05) is 13.1 Å². The van der Waals surface area contributed by atoms with Gasteiger partial charge in [-0.1, -0.05) is 35.3 Å². The number of carbonyl (C=O) groups excluding carboxylic acids is 1. The van der Waals surface area contributed by atoms with Gasteiger partial charge in [0.15, 0.2) is 0 Å². The fraction of sp³-hybridized carbons (Fsp3) is 0.316. The number of nitrogens with zero attached hydrogens (tertiary/aromatic N) is 1. The van der Waals surface area contributed by atoms with Gasteiger partial charge in [-0.25, -0.2) is 13.2 Å². The van der Waals surface area contributed by atoms with Crippen LogP contribution in [-0.2, 0) is 26.1 Å². The first-order chi connectivity index (χ1) is 13.3. The molecule has 0 unspecified atom stereocenters. The van der Waals surface area contributed by atoms with Crippen LogP contribution in [0.15, 0.2) is 41.3 Å². The lowest BCUT2D eigenvalue weighted by Gasteiger charge is -2.26. The molecule has 0 N–H and O–H groups in total. The Bertz CT molecular complexity index is 988. The zero-order valence-corrected chi connectivity index (χ0v) is 17.5. The maximum absolute atomic E-state index is 12.9. The Morgan fingerprint density at radius 1 is 1.11 bits per heavy atom. The van der Waals surface area contributed by atoms with E-state index in [-0.39, 0.29) is 30.2 Å². The van der Waals surface area contributed by atoms with Crippen molar-refractivity contribution in [1.82, 2.24) is 4.31 Å². The molecule has 1 heterocycles. The van der Waals surface area contributed by atoms with E-state index in [2.05, 4.69) is 0 Å². The molecule has 0 amide bonds. The van der Waals surface area contributed by atoms with Crippen LogP contribution in [0.3, 0.4) is 0 Å². The fourth-order valence-corrected chi connectivity index (χ4v) is 4.77. The number of aryl methyl sites for hydroxylation is 1. The van der Waals surface area contributed by atoms with E-state index in [1.165, 1.54) is 10.4 Å². The number of hydrogen-bond donors (Lipinski definition) is 0. The second-order valence-corrected chi connectivity index (χ2v) is 9.04. The maximum atomic E-state index is 12.9. The predicted molar refractivity (Wildman–Crippen MR) is 106 cm³/mol. The van der Waals surface area contributed by atoms with Gasteiger partial charge in [0.05, 0.1) is 33.7 Å². The van der Waals surface area contributed by atoms with Crippen molar-refractivity contribution in [1.29, 1.82) is 0 Å². The van der Waals surface area contributed by atoms with E-state index in [0.29, 0.717) is 34.4 Å². The average Bonchev–Trinajstić information content (AvgIpc) is 2.69. The normalized spacial score (nSPS) is 15.4. The summed E-state index contributed by atoms with van der Waals surface area (Å²) in [4.78, 5) is 12.5. The van der Waals surface area contributed by atoms with Gasteiger partial charge in [-0.3, -0.25) is 0 Å². The molecule has 2 aromatic rings. The Morgan fingerprint density at radius 2 is 1.82 bits per heavy atom. The SMILES string of the molecule is Cc1ccc(C(=O)OCc2ccc(Cl)c(Cl)c2)cc1S(=O)(=O)N1CCOCC1. The number of rotatable bonds is 5. The Balaban J connectivity index is 1.78. The number of morpholine rings is 1. The summed E-state index contributed by atoms with van der Waals surface area (Å²) in [6.07, 6.45) is 0. The molecule has 6 nitrogen and oxygen atoms in total. The molecule has 0 aromatic heterocycles. The Kier molecular flexibility index (Phi) is 6.62. The van der Waals surface area contributed by atoms with Crippen molar-refractivity contribution in [2.45, 2.75) is 18.4 Å². The summed E-state index contributed by atoms with van der Waals surface area (Å²) < 4.78 is 37.7. The summed E-state index contributed by atoms with van der Waals surface area (Å²) in [5.74, 6) is -0.621. The topological polar surface area (TPSA) is 72.9 Å². The van der Waals surface area contributed by atoms with Gasteiger partial charge in [-0.15, -0.1) is 0 Å². The smallest absolute Gasteiger partial charge is 0.338 e. The molecule has 1 saturated heterocycles. The van der Waals surface area contributed by atoms with Crippen LogP contribution >= 0.6 is 23.2 Å². The van der Waals surface area contributed by atoms with E-state index in [9.17, 15) is 13.2 Å². The predicted octanol–water partition coefficient (Wildman–Crippen LogP) is 3.68. The van der Waals surface area contributed by atoms with Crippen LogP contribution < -0.4 is 0 Å². The molecule has 0 spiro atoms. The lowest BCUT2D eigenvalue weighted by atomic mass is 10.1. The molecule has 2 aromatic carbocycles. The molecule has 1 aliphatic rings. The van der Waals surface area contributed by atoms with Crippen molar-refractivity contribution in [2.75, 3.05) is 26.3 Å². The molecule has 1 fully saturated rings. The molecule has 9 heteroatoms. The van der Waals surface area contributed by atoms with E-state index in [1.54, 1.807) is 37.3 Å². The molecule has 0 saturated carbocycles. The molecular weight excluding hydrogens is 425 g/mol. The van der Waals surface area contributed by atoms with Gasteiger partial charge in [0.2, 0.25) is 10.0 Å². The van der Waals surface area contributed by atoms with E-state index in [1.807, 2.05) is 0 Å². The molecule has 0 bridgehead atoms. The number of hydrogen-bond acceptors (Lipinski definition) is 5. The van der Waals surface area contributed by atoms with E-state index >= 15 is 0 Å². The number of ether oxygens (including phenoxy) is 2. The molecule has 150 valence electrons. The van der Waals surface area contributed by atoms with Crippen molar-refractivity contribution >= 4 is 39.2 Å². The molecular formula is C19H19Cl2NO5S. The number of esters is 1. The van der Waals surface area contributed by atoms with Crippen LogP contribution in [0, 0.1) is 6.92 Å². The zero-order chi connectivity index (χ0) is 20.3. The summed E-state index contributed by atoms with van der Waals surface area (Å²) in [6, 6.07) is 9.43. The number of benzene rings is 2. The Morgan fingerprint density at radius 3 is 2.50 bits per heavy atom. The van der Waals surface area contributed by atoms with Gasteiger partial charge in [0.25, 0.3) is 0 Å². The van der Waals surface area contributed by atoms with Crippen LogP contribution in [0.4, 0.5) is 0 Å². The highest BCUT2D eigenvalue weighted by Gasteiger charge is 2.28. The van der Waals surface area contributed by atoms with Gasteiger partial charge in [-0.05, 0) is 42.3 Å². The molecule has 28 heavy (non-hydrogen) atoms. The summed E-state index contributed by atoms with van der Waals surface area (Å²) >= 11 is 11.8. The molecule has 3 rings (SSSR count). The number of carbonyl (C=O) groups is 1. The summed E-state index contributed by atoms with van der Waals surface area (Å²) in [7, 11) is -3.71. The third-order valence-electron chi connectivity index (χ3n) is 4.37. The third-order valence-corrected chi connectivity index (χ3v) is 7.15. The molecule has 0 aliphatic carbocycles. The number of sulfonamides is 1. The van der Waals surface area contributed by atoms with Crippen molar-refractivity contribution in [3.63, 3.8) is 0 Å². The van der Waals surface area contributed by atoms with Gasteiger partial charge >= 0.3 is 5.97 Å². The summed E-state index contributed by atoms with van der Waals surface area (Å²) in [5.41, 5.74) is 1.40. The minimum absolute atomic E-state index is 0.00482. The highest BCUT2D eigenvalue weighted by molar-refractivity contribution is 7.89. The average molecular weight is 444 g/mol. The van der Waals surface area contributed by atoms with Crippen LogP contribution in [0.25, 0.3) is 0 Å². The largest absolute Gasteiger partial charge is 0.457 e. The second-order valence-electron chi connectivity index (χ2n) is 6.32. The summed E-state index contributed by atoms with van der Waals surface area (Å²) in [6.45, 7) is 2.96. The second kappa shape index (κ2) is 8.80. The molecule has 1 aliphatic heterocycles. The van der Waals surface area contributed by atoms with E-state index in [4.69, 9.17) is 32.7 Å². The zero-order valence-electron chi connectivity index (χ0n) is 15.2. The number of halogens is 2. The highest BCUT2D eigenvalue weighted by atomic mass is 35.5. The van der Waals surface area contributed by atoms with Crippen molar-refractivity contribution < 1.29 is 22.7 Å². The van der Waals surface area contributed by atoms with Crippen molar-refractivity contribution in [3.8, 4) is 0 Å². The third kappa shape index (κ3) is 4.67. The van der Waals surface area contributed by atoms with Gasteiger partial charge in [0.1, 0.15) is 6.61 Å². The lowest BCUT2D eigenvalue weighted by molar-refractivity contribution is 0.0472. The fourth-order valence-electron chi connectivity index (χ4n) is 2.79. The van der Waals surface area contributed by atoms with E-state index in [0.717, 1.165) is 0 Å². The minimum atomic E-state index is -3.71. The lowest BCUT2D eigenvalue weighted by Crippen LogP contribution is -2.40. The van der Waals surface area contributed by atoms with E-state index < -0.39 is 16.0 Å². The molecule has 0 atom stereocenters. The minimum Gasteiger partial charge on any atom is -0.457 e. The van der Waals surface area contributed by atoms with Crippen LogP contribution in [0.1, 0.15) is 21.5 Å². The van der Waals surface area contributed by atoms with Crippen LogP contribution in [0.5, 0.6) is 0 Å². The molecule has 0 radical (unpaired) electrons. The van der Waals surface area contributed by atoms with Crippen LogP contribution in [-0.4, -0.2) is 45.0 Å². The monoisotopic (exact) mass is 443 g/mol. The standard InChI is InChI=1S/C19H19Cl2NO5S/c1-13-2-4-15(11-18(13)28(24,25)22-6-8-26-9-7-22)19(23)27-12-14-3-5-16(20)17(21)10-14/h2-5,10-11H,6-9,12H2,1H3. The van der Waals surface area contributed by atoms with Crippen LogP contribution in [0.2, 0.25) is 10.0 Å². The van der Waals surface area contributed by atoms with Gasteiger partial charge in [-0.2, -0.15) is 4.31 Å². The first-order valence-corrected chi connectivity index (χ1v) is 10.8. The van der Waals surface area contributed by atoms with Crippen molar-refractivity contribution in [3.05, 3.63) is 63.1 Å². The highest BCUT2D eigenvalue weighted by Crippen LogP contribution is 2.24. The Hall–Kier alpha value is -1.64. The van der Waals surface area contributed by atoms with Crippen molar-refractivity contribution in [2.24, 2.45) is 0 Å². The summed E-state index contributed by atoms with van der Waals surface area (Å²) in [5, 5.41) is 0.776. The quantitative estimate of drug-likeness (QED) is 0.658. The van der Waals surface area contributed by atoms with Gasteiger partial charge < -0.3 is 9.47 Å². The first-order valence-electron chi connectivity index (χ1n) is 8.58. The maximum Gasteiger partial charge on any atom is 0.338 e. The first kappa shape index (κ1) is 21.1.